The first-order chi connectivity index (χ1) is 15.8. The minimum atomic E-state index is -3.79. The first-order valence-electron chi connectivity index (χ1n) is 9.64. The predicted molar refractivity (Wildman–Crippen MR) is 129 cm³/mol. The molecule has 0 radical (unpaired) electrons. The van der Waals surface area contributed by atoms with Crippen LogP contribution in [-0.4, -0.2) is 34.8 Å². The molecule has 0 saturated heterocycles. The lowest BCUT2D eigenvalue weighted by molar-refractivity contribution is -0.113. The number of carbonyl (C=O) groups is 1. The normalized spacial score (nSPS) is 11.3. The molecular weight excluding hydrogens is 482 g/mol. The van der Waals surface area contributed by atoms with Crippen molar-refractivity contribution in [3.8, 4) is 17.1 Å². The number of nitrogens with one attached hydrogen (secondary N) is 1. The molecule has 1 heterocycles. The molecule has 11 heteroatoms. The Bertz CT molecular complexity index is 1390. The molecule has 0 bridgehead atoms. The van der Waals surface area contributed by atoms with E-state index in [1.54, 1.807) is 6.07 Å². The summed E-state index contributed by atoms with van der Waals surface area (Å²) in [5.74, 6) is 0.336. The Kier molecular flexibility index (Phi) is 6.80. The summed E-state index contributed by atoms with van der Waals surface area (Å²) in [4.78, 5) is 12.5. The number of nitrogens with two attached hydrogens (primary N) is 1. The van der Waals surface area contributed by atoms with Crippen LogP contribution in [0.3, 0.4) is 0 Å². The van der Waals surface area contributed by atoms with Crippen LogP contribution < -0.4 is 10.5 Å². The van der Waals surface area contributed by atoms with Crippen LogP contribution in [0.2, 0.25) is 5.02 Å². The molecule has 0 atom stereocenters. The van der Waals surface area contributed by atoms with Crippen molar-refractivity contribution in [2.24, 2.45) is 5.14 Å². The third kappa shape index (κ3) is 5.42. The summed E-state index contributed by atoms with van der Waals surface area (Å²) in [5.41, 5.74) is 2.01. The van der Waals surface area contributed by atoms with Crippen LogP contribution in [0, 0.1) is 0 Å². The lowest BCUT2D eigenvalue weighted by Crippen LogP contribution is -2.15. The Morgan fingerprint density at radius 2 is 1.64 bits per heavy atom. The molecule has 0 spiro atoms. The van der Waals surface area contributed by atoms with E-state index in [-0.39, 0.29) is 16.6 Å². The van der Waals surface area contributed by atoms with Crippen LogP contribution in [0.25, 0.3) is 17.1 Å². The molecule has 0 fully saturated rings. The van der Waals surface area contributed by atoms with Crippen molar-refractivity contribution in [1.82, 2.24) is 14.8 Å². The standard InChI is InChI=1S/C22H18ClN5O3S2/c23-19-9-5-4-8-18(19)21-26-27-22(28(21)16-6-2-1-3-7-16)32-14-20(29)25-15-10-12-17(13-11-15)33(24,30)31/h1-13H,14H2,(H,25,29)(H2,24,30,31). The minimum Gasteiger partial charge on any atom is -0.325 e. The molecule has 3 N–H and O–H groups in total. The number of hydrogen-bond donors (Lipinski definition) is 2. The fraction of sp³-hybridized carbons (Fsp3) is 0.0455. The van der Waals surface area contributed by atoms with Crippen molar-refractivity contribution in [2.75, 3.05) is 11.1 Å². The van der Waals surface area contributed by atoms with E-state index in [2.05, 4.69) is 15.5 Å². The first-order valence-corrected chi connectivity index (χ1v) is 12.5. The zero-order valence-corrected chi connectivity index (χ0v) is 19.4. The van der Waals surface area contributed by atoms with E-state index in [4.69, 9.17) is 16.7 Å². The molecule has 1 aromatic heterocycles. The van der Waals surface area contributed by atoms with Gasteiger partial charge >= 0.3 is 0 Å². The van der Waals surface area contributed by atoms with Gasteiger partial charge in [0.2, 0.25) is 15.9 Å². The molecule has 3 aromatic carbocycles. The van der Waals surface area contributed by atoms with E-state index in [9.17, 15) is 13.2 Å². The van der Waals surface area contributed by atoms with Crippen molar-refractivity contribution in [1.29, 1.82) is 0 Å². The van der Waals surface area contributed by atoms with Crippen molar-refractivity contribution in [3.63, 3.8) is 0 Å². The molecule has 0 aliphatic carbocycles. The van der Waals surface area contributed by atoms with Crippen molar-refractivity contribution in [2.45, 2.75) is 10.1 Å². The second kappa shape index (κ2) is 9.75. The molecule has 168 valence electrons. The topological polar surface area (TPSA) is 120 Å². The highest BCUT2D eigenvalue weighted by molar-refractivity contribution is 7.99. The van der Waals surface area contributed by atoms with Gasteiger partial charge in [-0.2, -0.15) is 0 Å². The van der Waals surface area contributed by atoms with E-state index >= 15 is 0 Å². The van der Waals surface area contributed by atoms with Gasteiger partial charge in [-0.3, -0.25) is 9.36 Å². The molecule has 1 amide bonds. The highest BCUT2D eigenvalue weighted by atomic mass is 35.5. The van der Waals surface area contributed by atoms with E-state index < -0.39 is 10.0 Å². The van der Waals surface area contributed by atoms with Crippen molar-refractivity contribution in [3.05, 3.63) is 83.9 Å². The second-order valence-corrected chi connectivity index (χ2v) is 9.77. The summed E-state index contributed by atoms with van der Waals surface area (Å²) in [6.07, 6.45) is 0. The number of rotatable bonds is 7. The van der Waals surface area contributed by atoms with Gasteiger partial charge in [0.15, 0.2) is 11.0 Å². The van der Waals surface area contributed by atoms with Gasteiger partial charge in [0, 0.05) is 16.9 Å². The first kappa shape index (κ1) is 23.0. The van der Waals surface area contributed by atoms with E-state index in [1.165, 1.54) is 36.0 Å². The third-order valence-corrected chi connectivity index (χ3v) is 6.75. The number of anilines is 1. The Morgan fingerprint density at radius 3 is 2.30 bits per heavy atom. The van der Waals surface area contributed by atoms with Crippen LogP contribution in [0.1, 0.15) is 0 Å². The number of thioether (sulfide) groups is 1. The zero-order chi connectivity index (χ0) is 23.4. The number of para-hydroxylation sites is 1. The third-order valence-electron chi connectivity index (χ3n) is 4.56. The number of sulfonamides is 1. The Balaban J connectivity index is 1.55. The number of hydrogen-bond acceptors (Lipinski definition) is 6. The molecule has 0 saturated carbocycles. The molecule has 0 aliphatic heterocycles. The predicted octanol–water partition coefficient (Wildman–Crippen LogP) is 3.97. The van der Waals surface area contributed by atoms with E-state index in [0.717, 1.165) is 11.3 Å². The highest BCUT2D eigenvalue weighted by Gasteiger charge is 2.19. The monoisotopic (exact) mass is 499 g/mol. The van der Waals surface area contributed by atoms with Gasteiger partial charge in [-0.05, 0) is 48.5 Å². The number of halogens is 1. The quantitative estimate of drug-likeness (QED) is 0.371. The molecule has 8 nitrogen and oxygen atoms in total. The van der Waals surface area contributed by atoms with E-state index in [0.29, 0.717) is 21.7 Å². The molecule has 0 unspecified atom stereocenters. The summed E-state index contributed by atoms with van der Waals surface area (Å²) in [6, 6.07) is 22.5. The number of carbonyl (C=O) groups excluding carboxylic acids is 1. The largest absolute Gasteiger partial charge is 0.325 e. The van der Waals surface area contributed by atoms with Crippen LogP contribution in [0.4, 0.5) is 5.69 Å². The Hall–Kier alpha value is -3.18. The maximum atomic E-state index is 12.5. The number of primary sulfonamides is 1. The van der Waals surface area contributed by atoms with Crippen molar-refractivity contribution >= 4 is 45.0 Å². The average Bonchev–Trinajstić information content (AvgIpc) is 3.22. The number of benzene rings is 3. The molecule has 4 aromatic rings. The van der Waals surface area contributed by atoms with Crippen molar-refractivity contribution < 1.29 is 13.2 Å². The van der Waals surface area contributed by atoms with Gasteiger partial charge in [0.1, 0.15) is 0 Å². The molecule has 0 aliphatic rings. The summed E-state index contributed by atoms with van der Waals surface area (Å²) < 4.78 is 24.6. The maximum absolute atomic E-state index is 12.5. The number of nitrogens with zero attached hydrogens (tertiary/aromatic N) is 3. The zero-order valence-electron chi connectivity index (χ0n) is 17.1. The Labute approximate surface area is 199 Å². The molecular formula is C22H18ClN5O3S2. The smallest absolute Gasteiger partial charge is 0.238 e. The highest BCUT2D eigenvalue weighted by Crippen LogP contribution is 2.31. The van der Waals surface area contributed by atoms with Crippen LogP contribution >= 0.6 is 23.4 Å². The molecule has 33 heavy (non-hydrogen) atoms. The Morgan fingerprint density at radius 1 is 0.970 bits per heavy atom. The van der Waals surface area contributed by atoms with Gasteiger partial charge < -0.3 is 5.32 Å². The van der Waals surface area contributed by atoms with E-state index in [1.807, 2.05) is 53.1 Å². The fourth-order valence-corrected chi connectivity index (χ4v) is 4.53. The van der Waals surface area contributed by atoms with Gasteiger partial charge in [-0.1, -0.05) is 53.7 Å². The van der Waals surface area contributed by atoms with Gasteiger partial charge in [0.05, 0.1) is 15.7 Å². The second-order valence-electron chi connectivity index (χ2n) is 6.86. The summed E-state index contributed by atoms with van der Waals surface area (Å²) in [5, 5.41) is 17.5. The molecule has 4 rings (SSSR count). The number of amides is 1. The van der Waals surface area contributed by atoms with Gasteiger partial charge in [0.25, 0.3) is 0 Å². The fourth-order valence-electron chi connectivity index (χ4n) is 3.05. The lowest BCUT2D eigenvalue weighted by atomic mass is 10.2. The van der Waals surface area contributed by atoms with Gasteiger partial charge in [-0.15, -0.1) is 10.2 Å². The van der Waals surface area contributed by atoms with Gasteiger partial charge in [-0.25, -0.2) is 13.6 Å². The average molecular weight is 500 g/mol. The van der Waals surface area contributed by atoms with Crippen LogP contribution in [0.5, 0.6) is 0 Å². The minimum absolute atomic E-state index is 0.0297. The summed E-state index contributed by atoms with van der Waals surface area (Å²) in [6.45, 7) is 0. The summed E-state index contributed by atoms with van der Waals surface area (Å²) >= 11 is 7.60. The van der Waals surface area contributed by atoms with Crippen LogP contribution in [-0.2, 0) is 14.8 Å². The lowest BCUT2D eigenvalue weighted by Gasteiger charge is -2.11. The maximum Gasteiger partial charge on any atom is 0.238 e. The van der Waals surface area contributed by atoms with Crippen LogP contribution in [0.15, 0.2) is 88.9 Å². The SMILES string of the molecule is NS(=O)(=O)c1ccc(NC(=O)CSc2nnc(-c3ccccc3Cl)n2-c2ccccc2)cc1. The summed E-state index contributed by atoms with van der Waals surface area (Å²) in [7, 11) is -3.79. The number of aromatic nitrogens is 3.